The first-order chi connectivity index (χ1) is 12.1. The summed E-state index contributed by atoms with van der Waals surface area (Å²) in [6.45, 7) is 4.06. The van der Waals surface area contributed by atoms with Crippen molar-refractivity contribution in [1.29, 1.82) is 0 Å². The van der Waals surface area contributed by atoms with E-state index in [0.717, 1.165) is 44.9 Å². The normalized spacial score (nSPS) is 12.1. The van der Waals surface area contributed by atoms with Gasteiger partial charge in [-0.2, -0.15) is 0 Å². The Morgan fingerprint density at radius 3 is 1.72 bits per heavy atom. The van der Waals surface area contributed by atoms with Gasteiger partial charge >= 0.3 is 11.9 Å². The van der Waals surface area contributed by atoms with Gasteiger partial charge in [-0.25, -0.2) is 0 Å². The van der Waals surface area contributed by atoms with Gasteiger partial charge in [0.15, 0.2) is 0 Å². The van der Waals surface area contributed by atoms with Crippen molar-refractivity contribution in [2.75, 3.05) is 0 Å². The zero-order valence-electron chi connectivity index (χ0n) is 16.6. The van der Waals surface area contributed by atoms with Crippen LogP contribution in [0.15, 0.2) is 0 Å². The number of ether oxygens (including phenoxy) is 1. The van der Waals surface area contributed by atoms with Gasteiger partial charge in [-0.1, -0.05) is 71.6 Å². The molecule has 0 saturated carbocycles. The second kappa shape index (κ2) is 17.8. The minimum atomic E-state index is -0.687. The molecule has 0 aliphatic carbocycles. The van der Waals surface area contributed by atoms with Crippen molar-refractivity contribution >= 4 is 11.9 Å². The average molecular weight is 357 g/mol. The summed E-state index contributed by atoms with van der Waals surface area (Å²) >= 11 is 0. The van der Waals surface area contributed by atoms with E-state index in [1.807, 2.05) is 6.92 Å². The van der Waals surface area contributed by atoms with Gasteiger partial charge in [0, 0.05) is 12.8 Å². The number of esters is 1. The average Bonchev–Trinajstić information content (AvgIpc) is 2.59. The molecule has 0 bridgehead atoms. The van der Waals surface area contributed by atoms with Crippen LogP contribution >= 0.6 is 0 Å². The molecule has 0 aromatic heterocycles. The van der Waals surface area contributed by atoms with E-state index < -0.39 is 5.97 Å². The van der Waals surface area contributed by atoms with Crippen molar-refractivity contribution in [3.63, 3.8) is 0 Å². The number of carbonyl (C=O) groups is 2. The number of aliphatic carboxylic acids is 1. The summed E-state index contributed by atoms with van der Waals surface area (Å²) in [5.74, 6) is -0.755. The lowest BCUT2D eigenvalue weighted by Gasteiger charge is -2.17. The third-order valence-corrected chi connectivity index (χ3v) is 4.63. The Morgan fingerprint density at radius 1 is 0.760 bits per heavy atom. The van der Waals surface area contributed by atoms with E-state index in [9.17, 15) is 9.59 Å². The van der Waals surface area contributed by atoms with Gasteiger partial charge < -0.3 is 9.84 Å². The maximum Gasteiger partial charge on any atom is 0.305 e. The first-order valence-corrected chi connectivity index (χ1v) is 10.5. The highest BCUT2D eigenvalue weighted by molar-refractivity contribution is 5.69. The van der Waals surface area contributed by atoms with Gasteiger partial charge in [-0.3, -0.25) is 9.59 Å². The molecule has 0 aromatic carbocycles. The number of carbonyl (C=O) groups excluding carboxylic acids is 1. The van der Waals surface area contributed by atoms with Crippen molar-refractivity contribution in [1.82, 2.24) is 0 Å². The van der Waals surface area contributed by atoms with Crippen molar-refractivity contribution < 1.29 is 19.4 Å². The fourth-order valence-corrected chi connectivity index (χ4v) is 3.04. The van der Waals surface area contributed by atoms with Gasteiger partial charge in [-0.05, 0) is 32.1 Å². The van der Waals surface area contributed by atoms with Crippen molar-refractivity contribution in [2.45, 2.75) is 123 Å². The zero-order chi connectivity index (χ0) is 18.8. The highest BCUT2D eigenvalue weighted by Gasteiger charge is 2.12. The quantitative estimate of drug-likeness (QED) is 0.232. The molecular formula is C21H40O4. The van der Waals surface area contributed by atoms with Crippen molar-refractivity contribution in [3.05, 3.63) is 0 Å². The Labute approximate surface area is 154 Å². The molecule has 1 N–H and O–H groups in total. The minimum Gasteiger partial charge on any atom is -0.481 e. The van der Waals surface area contributed by atoms with E-state index in [2.05, 4.69) is 6.92 Å². The number of rotatable bonds is 18. The molecule has 0 aliphatic rings. The Morgan fingerprint density at radius 2 is 1.24 bits per heavy atom. The van der Waals surface area contributed by atoms with E-state index in [1.165, 1.54) is 44.9 Å². The number of hydrogen-bond acceptors (Lipinski definition) is 3. The van der Waals surface area contributed by atoms with Crippen molar-refractivity contribution in [3.8, 4) is 0 Å². The first kappa shape index (κ1) is 23.9. The standard InChI is InChI=1S/C21H40O4/c1-3-5-6-13-16-19(25-21(24)4-2)17-14-11-9-7-8-10-12-15-18-20(22)23/h19H,3-18H2,1-2H3,(H,22,23). The fourth-order valence-electron chi connectivity index (χ4n) is 3.04. The lowest BCUT2D eigenvalue weighted by Crippen LogP contribution is -2.17. The third-order valence-electron chi connectivity index (χ3n) is 4.63. The topological polar surface area (TPSA) is 63.6 Å². The van der Waals surface area contributed by atoms with Crippen LogP contribution in [0.1, 0.15) is 117 Å². The molecule has 4 heteroatoms. The Kier molecular flexibility index (Phi) is 17.0. The summed E-state index contributed by atoms with van der Waals surface area (Å²) < 4.78 is 5.58. The largest absolute Gasteiger partial charge is 0.481 e. The van der Waals surface area contributed by atoms with E-state index in [-0.39, 0.29) is 12.1 Å². The maximum atomic E-state index is 11.6. The molecule has 0 heterocycles. The molecule has 0 aromatic rings. The van der Waals surface area contributed by atoms with Crippen LogP contribution in [0.3, 0.4) is 0 Å². The summed E-state index contributed by atoms with van der Waals surface area (Å²) in [5, 5.41) is 8.58. The van der Waals surface area contributed by atoms with E-state index in [4.69, 9.17) is 9.84 Å². The smallest absolute Gasteiger partial charge is 0.305 e. The van der Waals surface area contributed by atoms with Crippen LogP contribution in [-0.4, -0.2) is 23.1 Å². The second-order valence-corrected chi connectivity index (χ2v) is 7.08. The molecule has 1 atom stereocenters. The van der Waals surface area contributed by atoms with Crippen LogP contribution in [0, 0.1) is 0 Å². The maximum absolute atomic E-state index is 11.6. The molecular weight excluding hydrogens is 316 g/mol. The summed E-state index contributed by atoms with van der Waals surface area (Å²) in [7, 11) is 0. The fraction of sp³-hybridized carbons (Fsp3) is 0.905. The number of hydrogen-bond donors (Lipinski definition) is 1. The highest BCUT2D eigenvalue weighted by atomic mass is 16.5. The number of carboxylic acid groups (broad SMARTS) is 1. The summed E-state index contributed by atoms with van der Waals surface area (Å²) in [6.07, 6.45) is 16.7. The predicted molar refractivity (Wildman–Crippen MR) is 103 cm³/mol. The monoisotopic (exact) mass is 356 g/mol. The van der Waals surface area contributed by atoms with E-state index >= 15 is 0 Å². The molecule has 4 nitrogen and oxygen atoms in total. The second-order valence-electron chi connectivity index (χ2n) is 7.08. The summed E-state index contributed by atoms with van der Waals surface area (Å²) in [4.78, 5) is 22.0. The van der Waals surface area contributed by atoms with Crippen LogP contribution in [0.25, 0.3) is 0 Å². The van der Waals surface area contributed by atoms with Crippen LogP contribution in [0.5, 0.6) is 0 Å². The molecule has 0 radical (unpaired) electrons. The highest BCUT2D eigenvalue weighted by Crippen LogP contribution is 2.17. The van der Waals surface area contributed by atoms with E-state index in [1.54, 1.807) is 0 Å². The lowest BCUT2D eigenvalue weighted by molar-refractivity contribution is -0.149. The summed E-state index contributed by atoms with van der Waals surface area (Å²) in [5.41, 5.74) is 0. The molecule has 0 amide bonds. The third kappa shape index (κ3) is 17.6. The van der Waals surface area contributed by atoms with Crippen LogP contribution < -0.4 is 0 Å². The predicted octanol–water partition coefficient (Wildman–Crippen LogP) is 6.26. The Hall–Kier alpha value is -1.06. The molecule has 0 spiro atoms. The molecule has 0 fully saturated rings. The molecule has 0 saturated heterocycles. The van der Waals surface area contributed by atoms with Gasteiger partial charge in [0.2, 0.25) is 0 Å². The zero-order valence-corrected chi connectivity index (χ0v) is 16.6. The van der Waals surface area contributed by atoms with E-state index in [0.29, 0.717) is 12.8 Å². The minimum absolute atomic E-state index is 0.0677. The number of carboxylic acids is 1. The van der Waals surface area contributed by atoms with Crippen molar-refractivity contribution in [2.24, 2.45) is 0 Å². The molecule has 0 aliphatic heterocycles. The van der Waals surface area contributed by atoms with Crippen LogP contribution in [-0.2, 0) is 14.3 Å². The molecule has 1 unspecified atom stereocenters. The summed E-state index contributed by atoms with van der Waals surface area (Å²) in [6, 6.07) is 0. The SMILES string of the molecule is CCCCCCC(CCCCCCCCCCC(=O)O)OC(=O)CC. The van der Waals surface area contributed by atoms with Crippen LogP contribution in [0.2, 0.25) is 0 Å². The van der Waals surface area contributed by atoms with Gasteiger partial charge in [0.05, 0.1) is 0 Å². The molecule has 25 heavy (non-hydrogen) atoms. The molecule has 148 valence electrons. The lowest BCUT2D eigenvalue weighted by atomic mass is 10.0. The Bertz CT molecular complexity index is 328. The van der Waals surface area contributed by atoms with Gasteiger partial charge in [-0.15, -0.1) is 0 Å². The van der Waals surface area contributed by atoms with Crippen LogP contribution in [0.4, 0.5) is 0 Å². The molecule has 0 rings (SSSR count). The van der Waals surface area contributed by atoms with Gasteiger partial charge in [0.1, 0.15) is 6.10 Å². The Balaban J connectivity index is 3.64. The number of unbranched alkanes of at least 4 members (excludes halogenated alkanes) is 10. The van der Waals surface area contributed by atoms with Gasteiger partial charge in [0.25, 0.3) is 0 Å². The first-order valence-electron chi connectivity index (χ1n) is 10.5.